The molecular formula is C14H25NO2. The molecule has 1 heterocycles. The van der Waals surface area contributed by atoms with E-state index >= 15 is 0 Å². The minimum Gasteiger partial charge on any atom is -0.480 e. The summed E-state index contributed by atoms with van der Waals surface area (Å²) < 4.78 is 0. The van der Waals surface area contributed by atoms with Crippen LogP contribution in [-0.2, 0) is 4.79 Å². The maximum atomic E-state index is 11.4. The molecule has 3 heteroatoms. The van der Waals surface area contributed by atoms with Gasteiger partial charge in [-0.15, -0.1) is 0 Å². The zero-order chi connectivity index (χ0) is 12.3. The van der Waals surface area contributed by atoms with Gasteiger partial charge < -0.3 is 5.11 Å². The Morgan fingerprint density at radius 1 is 1.18 bits per heavy atom. The van der Waals surface area contributed by atoms with Crippen molar-refractivity contribution in [1.82, 2.24) is 4.90 Å². The van der Waals surface area contributed by atoms with Gasteiger partial charge in [0.1, 0.15) is 6.04 Å². The molecule has 1 saturated heterocycles. The number of carbonyl (C=O) groups is 1. The molecular weight excluding hydrogens is 214 g/mol. The Kier molecular flexibility index (Phi) is 4.43. The van der Waals surface area contributed by atoms with E-state index in [0.29, 0.717) is 5.92 Å². The van der Waals surface area contributed by atoms with Gasteiger partial charge in [0.2, 0.25) is 0 Å². The van der Waals surface area contributed by atoms with E-state index in [2.05, 4.69) is 11.8 Å². The average molecular weight is 239 g/mol. The van der Waals surface area contributed by atoms with Crippen LogP contribution >= 0.6 is 0 Å². The van der Waals surface area contributed by atoms with E-state index in [1.165, 1.54) is 32.1 Å². The number of hydrogen-bond acceptors (Lipinski definition) is 2. The summed E-state index contributed by atoms with van der Waals surface area (Å²) in [5.41, 5.74) is 0. The number of hydrogen-bond donors (Lipinski definition) is 1. The van der Waals surface area contributed by atoms with Gasteiger partial charge in [0.25, 0.3) is 0 Å². The molecule has 1 aliphatic carbocycles. The summed E-state index contributed by atoms with van der Waals surface area (Å²) in [7, 11) is 0. The van der Waals surface area contributed by atoms with Gasteiger partial charge in [0.05, 0.1) is 0 Å². The second-order valence-electron chi connectivity index (χ2n) is 5.90. The first kappa shape index (κ1) is 12.9. The molecule has 0 spiro atoms. The second kappa shape index (κ2) is 5.85. The van der Waals surface area contributed by atoms with Gasteiger partial charge in [-0.05, 0) is 44.1 Å². The van der Waals surface area contributed by atoms with E-state index in [1.54, 1.807) is 0 Å². The van der Waals surface area contributed by atoms with E-state index in [1.807, 2.05) is 0 Å². The van der Waals surface area contributed by atoms with Gasteiger partial charge in [0.15, 0.2) is 0 Å². The predicted octanol–water partition coefficient (Wildman–Crippen LogP) is 2.75. The second-order valence-corrected chi connectivity index (χ2v) is 5.90. The van der Waals surface area contributed by atoms with Crippen molar-refractivity contribution in [2.45, 2.75) is 57.9 Å². The Morgan fingerprint density at radius 2 is 1.88 bits per heavy atom. The highest BCUT2D eigenvalue weighted by Gasteiger charge is 2.35. The summed E-state index contributed by atoms with van der Waals surface area (Å²) in [4.78, 5) is 13.6. The molecule has 2 atom stereocenters. The summed E-state index contributed by atoms with van der Waals surface area (Å²) in [5.74, 6) is 0.439. The lowest BCUT2D eigenvalue weighted by atomic mass is 9.86. The van der Waals surface area contributed by atoms with Crippen LogP contribution in [0.25, 0.3) is 0 Å². The molecule has 1 saturated carbocycles. The molecule has 2 aliphatic rings. The summed E-state index contributed by atoms with van der Waals surface area (Å²) in [6.07, 6.45) is 8.89. The van der Waals surface area contributed by atoms with Crippen molar-refractivity contribution >= 4 is 5.97 Å². The SMILES string of the molecule is CC1CCCN(CC2CCCCC2)C1C(=O)O. The normalized spacial score (nSPS) is 32.5. The monoisotopic (exact) mass is 239 g/mol. The van der Waals surface area contributed by atoms with Gasteiger partial charge in [-0.2, -0.15) is 0 Å². The van der Waals surface area contributed by atoms with Crippen LogP contribution in [-0.4, -0.2) is 35.1 Å². The number of nitrogens with zero attached hydrogens (tertiary/aromatic N) is 1. The maximum Gasteiger partial charge on any atom is 0.321 e. The van der Waals surface area contributed by atoms with Gasteiger partial charge in [0, 0.05) is 6.54 Å². The molecule has 0 aromatic carbocycles. The summed E-state index contributed by atoms with van der Waals surface area (Å²) in [5, 5.41) is 9.37. The highest BCUT2D eigenvalue weighted by molar-refractivity contribution is 5.74. The smallest absolute Gasteiger partial charge is 0.321 e. The number of rotatable bonds is 3. The quantitative estimate of drug-likeness (QED) is 0.823. The topological polar surface area (TPSA) is 40.5 Å². The van der Waals surface area contributed by atoms with Crippen molar-refractivity contribution in [2.75, 3.05) is 13.1 Å². The van der Waals surface area contributed by atoms with Crippen molar-refractivity contribution in [2.24, 2.45) is 11.8 Å². The average Bonchev–Trinajstić information content (AvgIpc) is 2.30. The van der Waals surface area contributed by atoms with Crippen LogP contribution in [0.3, 0.4) is 0 Å². The third-order valence-electron chi connectivity index (χ3n) is 4.51. The molecule has 17 heavy (non-hydrogen) atoms. The Hall–Kier alpha value is -0.570. The van der Waals surface area contributed by atoms with Crippen molar-refractivity contribution in [3.05, 3.63) is 0 Å². The van der Waals surface area contributed by atoms with Crippen LogP contribution < -0.4 is 0 Å². The molecule has 3 nitrogen and oxygen atoms in total. The molecule has 2 rings (SSSR count). The number of carboxylic acid groups (broad SMARTS) is 1. The highest BCUT2D eigenvalue weighted by Crippen LogP contribution is 2.29. The molecule has 1 N–H and O–H groups in total. The fourth-order valence-electron chi connectivity index (χ4n) is 3.58. The molecule has 0 radical (unpaired) electrons. The highest BCUT2D eigenvalue weighted by atomic mass is 16.4. The van der Waals surface area contributed by atoms with Crippen molar-refractivity contribution in [1.29, 1.82) is 0 Å². The van der Waals surface area contributed by atoms with Crippen LogP contribution in [0.15, 0.2) is 0 Å². The van der Waals surface area contributed by atoms with E-state index in [9.17, 15) is 9.90 Å². The molecule has 1 aliphatic heterocycles. The first-order valence-electron chi connectivity index (χ1n) is 7.15. The molecule has 0 amide bonds. The summed E-state index contributed by atoms with van der Waals surface area (Å²) in [6.45, 7) is 4.09. The van der Waals surface area contributed by atoms with Crippen molar-refractivity contribution in [3.8, 4) is 0 Å². The minimum atomic E-state index is -0.618. The van der Waals surface area contributed by atoms with Crippen LogP contribution in [0.2, 0.25) is 0 Å². The van der Waals surface area contributed by atoms with E-state index in [4.69, 9.17) is 0 Å². The first-order valence-corrected chi connectivity index (χ1v) is 7.15. The molecule has 0 aromatic rings. The first-order chi connectivity index (χ1) is 8.18. The number of aliphatic carboxylic acids is 1. The third-order valence-corrected chi connectivity index (χ3v) is 4.51. The standard InChI is InChI=1S/C14H25NO2/c1-11-6-5-9-15(13(11)14(16)17)10-12-7-3-2-4-8-12/h11-13H,2-10H2,1H3,(H,16,17). The predicted molar refractivity (Wildman–Crippen MR) is 68.0 cm³/mol. The zero-order valence-electron chi connectivity index (χ0n) is 10.9. The van der Waals surface area contributed by atoms with Crippen molar-refractivity contribution < 1.29 is 9.90 Å². The van der Waals surface area contributed by atoms with Crippen LogP contribution in [0, 0.1) is 11.8 Å². The van der Waals surface area contributed by atoms with Crippen LogP contribution in [0.5, 0.6) is 0 Å². The van der Waals surface area contributed by atoms with E-state index in [-0.39, 0.29) is 6.04 Å². The number of likely N-dealkylation sites (tertiary alicyclic amines) is 1. The third kappa shape index (κ3) is 3.21. The maximum absolute atomic E-state index is 11.4. The van der Waals surface area contributed by atoms with Crippen LogP contribution in [0.1, 0.15) is 51.9 Å². The largest absolute Gasteiger partial charge is 0.480 e. The van der Waals surface area contributed by atoms with Crippen molar-refractivity contribution in [3.63, 3.8) is 0 Å². The fourth-order valence-corrected chi connectivity index (χ4v) is 3.58. The fraction of sp³-hybridized carbons (Fsp3) is 0.929. The molecule has 98 valence electrons. The van der Waals surface area contributed by atoms with Crippen LogP contribution in [0.4, 0.5) is 0 Å². The number of piperidine rings is 1. The summed E-state index contributed by atoms with van der Waals surface area (Å²) in [6, 6.07) is -0.231. The van der Waals surface area contributed by atoms with E-state index < -0.39 is 5.97 Å². The molecule has 2 unspecified atom stereocenters. The Labute approximate surface area is 104 Å². The summed E-state index contributed by atoms with van der Waals surface area (Å²) >= 11 is 0. The minimum absolute atomic E-state index is 0.231. The molecule has 0 bridgehead atoms. The number of carboxylic acids is 1. The van der Waals surface area contributed by atoms with Gasteiger partial charge in [-0.1, -0.05) is 26.2 Å². The Bertz CT molecular complexity index is 261. The van der Waals surface area contributed by atoms with Gasteiger partial charge in [-0.3, -0.25) is 9.69 Å². The molecule has 0 aromatic heterocycles. The Morgan fingerprint density at radius 3 is 2.53 bits per heavy atom. The lowest BCUT2D eigenvalue weighted by Gasteiger charge is -2.39. The van der Waals surface area contributed by atoms with E-state index in [0.717, 1.165) is 31.8 Å². The lowest BCUT2D eigenvalue weighted by Crippen LogP contribution is -2.50. The Balaban J connectivity index is 1.94. The van der Waals surface area contributed by atoms with Gasteiger partial charge in [-0.25, -0.2) is 0 Å². The molecule has 2 fully saturated rings. The van der Waals surface area contributed by atoms with Gasteiger partial charge >= 0.3 is 5.97 Å². The zero-order valence-corrected chi connectivity index (χ0v) is 10.9. The lowest BCUT2D eigenvalue weighted by molar-refractivity contribution is -0.147.